The van der Waals surface area contributed by atoms with Gasteiger partial charge in [-0.05, 0) is 43.0 Å². The van der Waals surface area contributed by atoms with Crippen molar-refractivity contribution in [2.75, 3.05) is 6.54 Å². The molecule has 1 fully saturated rings. The predicted molar refractivity (Wildman–Crippen MR) is 90.3 cm³/mol. The van der Waals surface area contributed by atoms with E-state index in [1.807, 2.05) is 37.3 Å². The van der Waals surface area contributed by atoms with Crippen molar-refractivity contribution in [3.8, 4) is 0 Å². The summed E-state index contributed by atoms with van der Waals surface area (Å²) in [4.78, 5) is 12.2. The molecule has 0 bridgehead atoms. The smallest absolute Gasteiger partial charge is 0.224 e. The minimum Gasteiger partial charge on any atom is -0.355 e. The van der Waals surface area contributed by atoms with Gasteiger partial charge in [0.25, 0.3) is 0 Å². The van der Waals surface area contributed by atoms with Crippen LogP contribution in [-0.4, -0.2) is 12.5 Å². The van der Waals surface area contributed by atoms with Gasteiger partial charge in [0.1, 0.15) is 0 Å². The lowest BCUT2D eigenvalue weighted by molar-refractivity contribution is -0.120. The Morgan fingerprint density at radius 2 is 1.91 bits per heavy atom. The summed E-state index contributed by atoms with van der Waals surface area (Å²) < 4.78 is 0. The lowest BCUT2D eigenvalue weighted by Gasteiger charge is -2.17. The van der Waals surface area contributed by atoms with Gasteiger partial charge in [-0.2, -0.15) is 0 Å². The highest BCUT2D eigenvalue weighted by atomic mass is 35.5. The first-order chi connectivity index (χ1) is 10.6. The standard InChI is InChI=1S/C19H20ClNO/c1-14-3-2-4-15(11-14)12-18(22)21-13-19(9-10-19)16-5-7-17(20)8-6-16/h2-8,11H,9-10,12-13H2,1H3,(H,21,22). The van der Waals surface area contributed by atoms with Crippen LogP contribution in [0.1, 0.15) is 29.5 Å². The van der Waals surface area contributed by atoms with Crippen LogP contribution in [0.15, 0.2) is 48.5 Å². The maximum absolute atomic E-state index is 12.2. The summed E-state index contributed by atoms with van der Waals surface area (Å²) in [6.07, 6.45) is 2.69. The van der Waals surface area contributed by atoms with Crippen LogP contribution in [0.3, 0.4) is 0 Å². The third-order valence-corrected chi connectivity index (χ3v) is 4.63. The average Bonchev–Trinajstić information content (AvgIpc) is 3.27. The minimum atomic E-state index is 0.0887. The van der Waals surface area contributed by atoms with Crippen LogP contribution in [0.5, 0.6) is 0 Å². The molecule has 0 radical (unpaired) electrons. The second kappa shape index (κ2) is 6.13. The molecule has 0 saturated heterocycles. The van der Waals surface area contributed by atoms with E-state index < -0.39 is 0 Å². The summed E-state index contributed by atoms with van der Waals surface area (Å²) >= 11 is 5.94. The van der Waals surface area contributed by atoms with Crippen LogP contribution in [0.25, 0.3) is 0 Å². The zero-order chi connectivity index (χ0) is 15.6. The predicted octanol–water partition coefficient (Wildman–Crippen LogP) is 4.04. The molecule has 2 aromatic carbocycles. The third kappa shape index (κ3) is 3.50. The van der Waals surface area contributed by atoms with Crippen molar-refractivity contribution in [3.05, 3.63) is 70.2 Å². The zero-order valence-corrected chi connectivity index (χ0v) is 13.5. The Morgan fingerprint density at radius 1 is 1.18 bits per heavy atom. The molecule has 1 saturated carbocycles. The summed E-state index contributed by atoms with van der Waals surface area (Å²) in [6, 6.07) is 16.1. The Hall–Kier alpha value is -1.80. The molecule has 0 atom stereocenters. The second-order valence-electron chi connectivity index (χ2n) is 6.23. The maximum atomic E-state index is 12.2. The molecule has 2 aromatic rings. The van der Waals surface area contributed by atoms with Gasteiger partial charge in [0.05, 0.1) is 6.42 Å². The van der Waals surface area contributed by atoms with E-state index >= 15 is 0 Å². The van der Waals surface area contributed by atoms with E-state index in [1.165, 1.54) is 11.1 Å². The fourth-order valence-electron chi connectivity index (χ4n) is 2.86. The van der Waals surface area contributed by atoms with Crippen molar-refractivity contribution >= 4 is 17.5 Å². The van der Waals surface area contributed by atoms with Crippen LogP contribution in [-0.2, 0) is 16.6 Å². The zero-order valence-electron chi connectivity index (χ0n) is 12.7. The van der Waals surface area contributed by atoms with Gasteiger partial charge in [-0.1, -0.05) is 53.6 Å². The number of nitrogens with one attached hydrogen (secondary N) is 1. The quantitative estimate of drug-likeness (QED) is 0.887. The summed E-state index contributed by atoms with van der Waals surface area (Å²) in [5.74, 6) is 0.0887. The molecule has 1 amide bonds. The summed E-state index contributed by atoms with van der Waals surface area (Å²) in [7, 11) is 0. The molecule has 0 aliphatic heterocycles. The largest absolute Gasteiger partial charge is 0.355 e. The van der Waals surface area contributed by atoms with Gasteiger partial charge in [0.15, 0.2) is 0 Å². The van der Waals surface area contributed by atoms with E-state index in [9.17, 15) is 4.79 Å². The minimum absolute atomic E-state index is 0.0887. The Labute approximate surface area is 136 Å². The van der Waals surface area contributed by atoms with E-state index in [0.717, 1.165) is 23.4 Å². The molecular weight excluding hydrogens is 294 g/mol. The molecule has 1 N–H and O–H groups in total. The van der Waals surface area contributed by atoms with E-state index in [2.05, 4.69) is 23.5 Å². The van der Waals surface area contributed by atoms with E-state index in [-0.39, 0.29) is 11.3 Å². The van der Waals surface area contributed by atoms with Gasteiger partial charge in [-0.15, -0.1) is 0 Å². The van der Waals surface area contributed by atoms with Crippen molar-refractivity contribution < 1.29 is 4.79 Å². The van der Waals surface area contributed by atoms with Crippen molar-refractivity contribution in [2.24, 2.45) is 0 Å². The van der Waals surface area contributed by atoms with Crippen LogP contribution in [0, 0.1) is 6.92 Å². The number of rotatable bonds is 5. The molecule has 3 heteroatoms. The van der Waals surface area contributed by atoms with Crippen molar-refractivity contribution in [3.63, 3.8) is 0 Å². The summed E-state index contributed by atoms with van der Waals surface area (Å²) in [6.45, 7) is 2.75. The third-order valence-electron chi connectivity index (χ3n) is 4.38. The second-order valence-corrected chi connectivity index (χ2v) is 6.67. The highest BCUT2D eigenvalue weighted by Crippen LogP contribution is 2.47. The molecular formula is C19H20ClNO. The molecule has 0 spiro atoms. The molecule has 3 rings (SSSR count). The summed E-state index contributed by atoms with van der Waals surface area (Å²) in [5.41, 5.74) is 3.64. The lowest BCUT2D eigenvalue weighted by atomic mass is 9.96. The number of aryl methyl sites for hydroxylation is 1. The molecule has 2 nitrogen and oxygen atoms in total. The van der Waals surface area contributed by atoms with Crippen molar-refractivity contribution in [2.45, 2.75) is 31.6 Å². The molecule has 22 heavy (non-hydrogen) atoms. The maximum Gasteiger partial charge on any atom is 0.224 e. The number of amides is 1. The number of halogens is 1. The van der Waals surface area contributed by atoms with Gasteiger partial charge in [-0.3, -0.25) is 4.79 Å². The van der Waals surface area contributed by atoms with Crippen LogP contribution in [0.2, 0.25) is 5.02 Å². The SMILES string of the molecule is Cc1cccc(CC(=O)NCC2(c3ccc(Cl)cc3)CC2)c1. The molecule has 0 heterocycles. The van der Waals surface area contributed by atoms with Crippen molar-refractivity contribution in [1.82, 2.24) is 5.32 Å². The number of benzene rings is 2. The lowest BCUT2D eigenvalue weighted by Crippen LogP contribution is -2.33. The van der Waals surface area contributed by atoms with Gasteiger partial charge in [0, 0.05) is 17.0 Å². The van der Waals surface area contributed by atoms with E-state index in [4.69, 9.17) is 11.6 Å². The monoisotopic (exact) mass is 313 g/mol. The molecule has 1 aliphatic carbocycles. The number of carbonyl (C=O) groups is 1. The van der Waals surface area contributed by atoms with Crippen LogP contribution in [0.4, 0.5) is 0 Å². The number of hydrogen-bond donors (Lipinski definition) is 1. The Morgan fingerprint density at radius 3 is 2.55 bits per heavy atom. The van der Waals surface area contributed by atoms with Gasteiger partial charge < -0.3 is 5.32 Å². The topological polar surface area (TPSA) is 29.1 Å². The Balaban J connectivity index is 1.58. The number of hydrogen-bond acceptors (Lipinski definition) is 1. The average molecular weight is 314 g/mol. The van der Waals surface area contributed by atoms with E-state index in [1.54, 1.807) is 0 Å². The Kier molecular flexibility index (Phi) is 4.21. The van der Waals surface area contributed by atoms with Crippen LogP contribution < -0.4 is 5.32 Å². The highest BCUT2D eigenvalue weighted by Gasteiger charge is 2.44. The molecule has 0 aromatic heterocycles. The molecule has 0 unspecified atom stereocenters. The fourth-order valence-corrected chi connectivity index (χ4v) is 2.99. The fraction of sp³-hybridized carbons (Fsp3) is 0.316. The first-order valence-electron chi connectivity index (χ1n) is 7.66. The van der Waals surface area contributed by atoms with E-state index in [0.29, 0.717) is 13.0 Å². The summed E-state index contributed by atoms with van der Waals surface area (Å²) in [5, 5.41) is 3.85. The van der Waals surface area contributed by atoms with Crippen LogP contribution >= 0.6 is 11.6 Å². The molecule has 1 aliphatic rings. The van der Waals surface area contributed by atoms with Gasteiger partial charge in [-0.25, -0.2) is 0 Å². The Bertz CT molecular complexity index is 674. The van der Waals surface area contributed by atoms with Gasteiger partial charge in [0.2, 0.25) is 5.91 Å². The first-order valence-corrected chi connectivity index (χ1v) is 8.04. The highest BCUT2D eigenvalue weighted by molar-refractivity contribution is 6.30. The first kappa shape index (κ1) is 15.1. The normalized spacial score (nSPS) is 15.4. The molecule has 114 valence electrons. The van der Waals surface area contributed by atoms with Crippen molar-refractivity contribution in [1.29, 1.82) is 0 Å². The van der Waals surface area contributed by atoms with Gasteiger partial charge >= 0.3 is 0 Å². The number of carbonyl (C=O) groups excluding carboxylic acids is 1.